The molecular formula is C56H112O11. The molecule has 0 aliphatic rings. The molecule has 0 aliphatic heterocycles. The second kappa shape index (κ2) is 54.0. The molecular weight excluding hydrogens is 849 g/mol. The molecule has 402 valence electrons. The smallest absolute Gasteiger partial charge is 0.305 e. The number of hydrogen-bond acceptors (Lipinski definition) is 11. The number of aliphatic hydroxyl groups excluding tert-OH is 2. The highest BCUT2D eigenvalue weighted by atomic mass is 16.6. The van der Waals surface area contributed by atoms with E-state index in [9.17, 15) is 14.7 Å². The van der Waals surface area contributed by atoms with Crippen LogP contribution in [0.1, 0.15) is 261 Å². The molecule has 0 aromatic rings. The molecule has 6 unspecified atom stereocenters. The van der Waals surface area contributed by atoms with E-state index in [0.29, 0.717) is 45.9 Å². The summed E-state index contributed by atoms with van der Waals surface area (Å²) in [4.78, 5) is 23.8. The van der Waals surface area contributed by atoms with Crippen molar-refractivity contribution in [2.45, 2.75) is 297 Å². The SMILES string of the molecule is CC(O)COC(C)COC(C)COC(C)COC(C)COC(C)CO.CCCCCCCCCCCCCCCCCC(=O)OCCOC(=O)CCCCCCCCCCCCCCCCC. The predicted molar refractivity (Wildman–Crippen MR) is 277 cm³/mol. The topological polar surface area (TPSA) is 139 Å². The maximum absolute atomic E-state index is 11.9. The molecule has 2 N–H and O–H groups in total. The molecule has 0 heterocycles. The third-order valence-corrected chi connectivity index (χ3v) is 11.9. The van der Waals surface area contributed by atoms with Gasteiger partial charge in [-0.05, 0) is 54.4 Å². The molecule has 11 nitrogen and oxygen atoms in total. The Kier molecular flexibility index (Phi) is 54.6. The summed E-state index contributed by atoms with van der Waals surface area (Å²) in [5, 5.41) is 18.1. The summed E-state index contributed by atoms with van der Waals surface area (Å²) in [5.74, 6) is -0.327. The third-order valence-electron chi connectivity index (χ3n) is 11.9. The fourth-order valence-electron chi connectivity index (χ4n) is 7.48. The van der Waals surface area contributed by atoms with E-state index in [4.69, 9.17) is 38.3 Å². The van der Waals surface area contributed by atoms with E-state index in [2.05, 4.69) is 13.8 Å². The van der Waals surface area contributed by atoms with Crippen LogP contribution in [0.5, 0.6) is 0 Å². The summed E-state index contributed by atoms with van der Waals surface area (Å²) in [6, 6.07) is 0. The number of carbonyl (C=O) groups excluding carboxylic acids is 2. The van der Waals surface area contributed by atoms with Crippen molar-refractivity contribution >= 4 is 11.9 Å². The number of esters is 2. The second-order valence-electron chi connectivity index (χ2n) is 19.6. The van der Waals surface area contributed by atoms with Gasteiger partial charge in [0.05, 0.1) is 76.3 Å². The van der Waals surface area contributed by atoms with Gasteiger partial charge in [0.15, 0.2) is 0 Å². The molecule has 6 atom stereocenters. The minimum Gasteiger partial charge on any atom is -0.462 e. The summed E-state index contributed by atoms with van der Waals surface area (Å²) < 4.78 is 38.4. The van der Waals surface area contributed by atoms with Gasteiger partial charge in [0.2, 0.25) is 0 Å². The minimum atomic E-state index is -0.469. The van der Waals surface area contributed by atoms with E-state index in [1.807, 2.05) is 34.6 Å². The molecule has 0 aliphatic carbocycles. The van der Waals surface area contributed by atoms with Gasteiger partial charge in [-0.3, -0.25) is 9.59 Å². The number of aliphatic hydroxyl groups is 2. The Labute approximate surface area is 414 Å². The van der Waals surface area contributed by atoms with Gasteiger partial charge in [-0.1, -0.05) is 194 Å². The first-order valence-corrected chi connectivity index (χ1v) is 28.1. The van der Waals surface area contributed by atoms with Crippen LogP contribution in [0, 0.1) is 0 Å². The van der Waals surface area contributed by atoms with Crippen LogP contribution in [-0.2, 0) is 42.7 Å². The lowest BCUT2D eigenvalue weighted by Gasteiger charge is -2.22. The maximum Gasteiger partial charge on any atom is 0.305 e. The average Bonchev–Trinajstić information content (AvgIpc) is 3.31. The zero-order valence-electron chi connectivity index (χ0n) is 45.3. The molecule has 0 saturated carbocycles. The Hall–Kier alpha value is -1.34. The van der Waals surface area contributed by atoms with E-state index >= 15 is 0 Å². The van der Waals surface area contributed by atoms with Crippen molar-refractivity contribution in [3.8, 4) is 0 Å². The maximum atomic E-state index is 11.9. The molecule has 0 rings (SSSR count). The van der Waals surface area contributed by atoms with E-state index < -0.39 is 6.10 Å². The van der Waals surface area contributed by atoms with Crippen LogP contribution in [0.2, 0.25) is 0 Å². The van der Waals surface area contributed by atoms with E-state index in [1.54, 1.807) is 6.92 Å². The fourth-order valence-corrected chi connectivity index (χ4v) is 7.48. The summed E-state index contributed by atoms with van der Waals surface area (Å²) in [6.45, 7) is 18.3. The van der Waals surface area contributed by atoms with Gasteiger partial charge in [-0.25, -0.2) is 0 Å². The van der Waals surface area contributed by atoms with Gasteiger partial charge in [0, 0.05) is 12.8 Å². The monoisotopic (exact) mass is 961 g/mol. The van der Waals surface area contributed by atoms with E-state index in [1.165, 1.54) is 167 Å². The molecule has 0 spiro atoms. The standard InChI is InChI=1S/C38H74O4.C18H38O7/c1-3-5-7-9-11-13-15-17-19-21-23-25-27-29-31-33-37(39)41-35-36-42-38(40)34-32-30-28-26-24-22-20-18-16-14-12-10-8-6-4-2;1-13(20)8-21-15(3)10-23-17(5)12-25-18(6)11-24-16(4)9-22-14(2)7-19/h3-36H2,1-2H3;13-20H,7-12H2,1-6H3. The van der Waals surface area contributed by atoms with Crippen molar-refractivity contribution in [2.75, 3.05) is 52.9 Å². The Morgan fingerprint density at radius 1 is 0.343 bits per heavy atom. The Morgan fingerprint density at radius 2 is 0.567 bits per heavy atom. The first-order valence-electron chi connectivity index (χ1n) is 28.1. The quantitative estimate of drug-likeness (QED) is 0.0445. The Bertz CT molecular complexity index is 950. The lowest BCUT2D eigenvalue weighted by molar-refractivity contribution is -0.152. The van der Waals surface area contributed by atoms with E-state index in [0.717, 1.165) is 25.7 Å². The van der Waals surface area contributed by atoms with Gasteiger partial charge in [0.25, 0.3) is 0 Å². The highest BCUT2D eigenvalue weighted by Gasteiger charge is 2.13. The van der Waals surface area contributed by atoms with Crippen molar-refractivity contribution in [3.05, 3.63) is 0 Å². The Balaban J connectivity index is 0. The zero-order valence-corrected chi connectivity index (χ0v) is 45.3. The molecule has 0 amide bonds. The van der Waals surface area contributed by atoms with Crippen molar-refractivity contribution in [3.63, 3.8) is 0 Å². The summed E-state index contributed by atoms with van der Waals surface area (Å²) in [7, 11) is 0. The van der Waals surface area contributed by atoms with Crippen LogP contribution < -0.4 is 0 Å². The summed E-state index contributed by atoms with van der Waals surface area (Å²) in [6.07, 6.45) is 39.6. The second-order valence-corrected chi connectivity index (χ2v) is 19.6. The molecule has 67 heavy (non-hydrogen) atoms. The Morgan fingerprint density at radius 3 is 0.806 bits per heavy atom. The molecule has 0 radical (unpaired) electrons. The van der Waals surface area contributed by atoms with Gasteiger partial charge in [0.1, 0.15) is 13.2 Å². The molecule has 0 aromatic heterocycles. The summed E-state index contributed by atoms with van der Waals surface area (Å²) >= 11 is 0. The van der Waals surface area contributed by atoms with Crippen LogP contribution in [-0.4, -0.2) is 112 Å². The van der Waals surface area contributed by atoms with Crippen LogP contribution in [0.25, 0.3) is 0 Å². The first-order chi connectivity index (χ1) is 32.4. The van der Waals surface area contributed by atoms with Gasteiger partial charge in [-0.2, -0.15) is 0 Å². The molecule has 0 aromatic carbocycles. The summed E-state index contributed by atoms with van der Waals surface area (Å²) in [5.41, 5.74) is 0. The number of unbranched alkanes of at least 4 members (excludes halogenated alkanes) is 28. The highest BCUT2D eigenvalue weighted by Crippen LogP contribution is 2.16. The van der Waals surface area contributed by atoms with Gasteiger partial charge in [-0.15, -0.1) is 0 Å². The van der Waals surface area contributed by atoms with Crippen LogP contribution in [0.4, 0.5) is 0 Å². The lowest BCUT2D eigenvalue weighted by Crippen LogP contribution is -2.29. The highest BCUT2D eigenvalue weighted by molar-refractivity contribution is 5.70. The number of carbonyl (C=O) groups is 2. The van der Waals surface area contributed by atoms with Crippen molar-refractivity contribution in [1.82, 2.24) is 0 Å². The molecule has 0 bridgehead atoms. The third kappa shape index (κ3) is 57.1. The minimum absolute atomic E-state index is 0.00675. The van der Waals surface area contributed by atoms with Gasteiger partial charge < -0.3 is 43.4 Å². The van der Waals surface area contributed by atoms with Crippen LogP contribution >= 0.6 is 0 Å². The first kappa shape index (κ1) is 67.7. The normalized spacial score (nSPS) is 14.2. The van der Waals surface area contributed by atoms with Gasteiger partial charge >= 0.3 is 11.9 Å². The molecule has 11 heteroatoms. The number of rotatable bonds is 51. The van der Waals surface area contributed by atoms with Crippen molar-refractivity contribution < 1.29 is 53.0 Å². The van der Waals surface area contributed by atoms with Crippen LogP contribution in [0.3, 0.4) is 0 Å². The molecule has 0 saturated heterocycles. The number of hydrogen-bond donors (Lipinski definition) is 2. The zero-order chi connectivity index (χ0) is 49.9. The number of ether oxygens (including phenoxy) is 7. The largest absolute Gasteiger partial charge is 0.462 e. The van der Waals surface area contributed by atoms with E-state index in [-0.39, 0.29) is 62.3 Å². The molecule has 0 fully saturated rings. The average molecular weight is 962 g/mol. The predicted octanol–water partition coefficient (Wildman–Crippen LogP) is 14.0. The fraction of sp³-hybridized carbons (Fsp3) is 0.964. The van der Waals surface area contributed by atoms with Crippen LogP contribution in [0.15, 0.2) is 0 Å². The van der Waals surface area contributed by atoms with Crippen molar-refractivity contribution in [1.29, 1.82) is 0 Å². The lowest BCUT2D eigenvalue weighted by atomic mass is 10.0. The van der Waals surface area contributed by atoms with Crippen molar-refractivity contribution in [2.24, 2.45) is 0 Å².